The molecule has 9 heteroatoms. The van der Waals surface area contributed by atoms with E-state index in [9.17, 15) is 10.1 Å². The van der Waals surface area contributed by atoms with E-state index in [0.29, 0.717) is 11.8 Å². The van der Waals surface area contributed by atoms with Gasteiger partial charge in [-0.05, 0) is 25.8 Å². The van der Waals surface area contributed by atoms with E-state index in [-0.39, 0.29) is 11.5 Å². The molecule has 132 valence electrons. The first-order valence-corrected chi connectivity index (χ1v) is 8.64. The van der Waals surface area contributed by atoms with Crippen molar-refractivity contribution in [1.29, 1.82) is 0 Å². The minimum Gasteiger partial charge on any atom is -0.378 e. The van der Waals surface area contributed by atoms with Crippen molar-refractivity contribution in [2.75, 3.05) is 61.3 Å². The fourth-order valence-corrected chi connectivity index (χ4v) is 3.35. The smallest absolute Gasteiger partial charge is 0.353 e. The average Bonchev–Trinajstić information content (AvgIpc) is 2.61. The monoisotopic (exact) mass is 335 g/mol. The maximum absolute atomic E-state index is 11.5. The Kier molecular flexibility index (Phi) is 4.98. The first-order chi connectivity index (χ1) is 11.6. The minimum atomic E-state index is -0.460. The number of nitrogens with two attached hydrogens (primary N) is 1. The summed E-state index contributed by atoms with van der Waals surface area (Å²) in [6, 6.07) is 0. The summed E-state index contributed by atoms with van der Waals surface area (Å²) in [5, 5.41) is 11.5. The summed E-state index contributed by atoms with van der Waals surface area (Å²) in [5.41, 5.74) is 5.77. The molecule has 2 fully saturated rings. The Balaban J connectivity index is 1.91. The molecular weight excluding hydrogens is 310 g/mol. The number of nitrogen functional groups attached to an aromatic ring is 1. The van der Waals surface area contributed by atoms with Gasteiger partial charge >= 0.3 is 5.69 Å². The first-order valence-electron chi connectivity index (χ1n) is 8.64. The summed E-state index contributed by atoms with van der Waals surface area (Å²) < 4.78 is 0. The second-order valence-electron chi connectivity index (χ2n) is 6.31. The maximum atomic E-state index is 11.5. The Hall–Kier alpha value is -2.16. The third-order valence-electron chi connectivity index (χ3n) is 4.82. The van der Waals surface area contributed by atoms with Crippen molar-refractivity contribution in [1.82, 2.24) is 14.9 Å². The number of aromatic nitrogens is 2. The van der Waals surface area contributed by atoms with Crippen molar-refractivity contribution >= 4 is 23.3 Å². The Morgan fingerprint density at radius 1 is 1.04 bits per heavy atom. The predicted octanol–water partition coefficient (Wildman–Crippen LogP) is 1.10. The molecule has 0 aliphatic carbocycles. The van der Waals surface area contributed by atoms with Crippen molar-refractivity contribution in [2.45, 2.75) is 26.2 Å². The standard InChI is InChI=1S/C15H25N7O2/c1-2-19-8-10-21(11-9-19)15-17-13(16)12(22(23)24)14(18-15)20-6-4-3-5-7-20/h2-11H2,1H3,(H2,16,17,18). The van der Waals surface area contributed by atoms with Crippen molar-refractivity contribution in [3.8, 4) is 0 Å². The highest BCUT2D eigenvalue weighted by atomic mass is 16.6. The van der Waals surface area contributed by atoms with E-state index in [4.69, 9.17) is 5.73 Å². The number of anilines is 3. The van der Waals surface area contributed by atoms with Crippen LogP contribution in [0.15, 0.2) is 0 Å². The van der Waals surface area contributed by atoms with Gasteiger partial charge in [0.1, 0.15) is 0 Å². The molecule has 2 aliphatic rings. The van der Waals surface area contributed by atoms with Gasteiger partial charge < -0.3 is 20.4 Å². The molecular formula is C15H25N7O2. The highest BCUT2D eigenvalue weighted by molar-refractivity contribution is 5.71. The molecule has 0 bridgehead atoms. The lowest BCUT2D eigenvalue weighted by molar-refractivity contribution is -0.383. The quantitative estimate of drug-likeness (QED) is 0.644. The van der Waals surface area contributed by atoms with Crippen LogP contribution in [-0.2, 0) is 0 Å². The number of rotatable bonds is 4. The normalized spacial score (nSPS) is 19.5. The van der Waals surface area contributed by atoms with Crippen molar-refractivity contribution < 1.29 is 4.92 Å². The molecule has 0 spiro atoms. The average molecular weight is 335 g/mol. The SMILES string of the molecule is CCN1CCN(c2nc(N)c([N+](=O)[O-])c(N3CCCCC3)n2)CC1. The van der Waals surface area contributed by atoms with Gasteiger partial charge in [0.2, 0.25) is 17.6 Å². The van der Waals surface area contributed by atoms with Crippen LogP contribution >= 0.6 is 0 Å². The Morgan fingerprint density at radius 2 is 1.71 bits per heavy atom. The summed E-state index contributed by atoms with van der Waals surface area (Å²) in [5.74, 6) is 0.845. The van der Waals surface area contributed by atoms with Gasteiger partial charge in [-0.15, -0.1) is 0 Å². The summed E-state index contributed by atoms with van der Waals surface area (Å²) in [6.45, 7) is 8.22. The fraction of sp³-hybridized carbons (Fsp3) is 0.733. The van der Waals surface area contributed by atoms with Crippen LogP contribution in [0.5, 0.6) is 0 Å². The van der Waals surface area contributed by atoms with E-state index in [1.807, 2.05) is 4.90 Å². The molecule has 1 aromatic rings. The molecule has 2 aliphatic heterocycles. The molecule has 9 nitrogen and oxygen atoms in total. The second kappa shape index (κ2) is 7.16. The summed E-state index contributed by atoms with van der Waals surface area (Å²) in [7, 11) is 0. The van der Waals surface area contributed by atoms with Crippen LogP contribution in [0.3, 0.4) is 0 Å². The maximum Gasteiger partial charge on any atom is 0.353 e. The molecule has 0 unspecified atom stereocenters. The molecule has 3 heterocycles. The lowest BCUT2D eigenvalue weighted by Gasteiger charge is -2.34. The molecule has 3 rings (SSSR count). The lowest BCUT2D eigenvalue weighted by atomic mass is 10.1. The van der Waals surface area contributed by atoms with Crippen LogP contribution in [0.25, 0.3) is 0 Å². The zero-order valence-electron chi connectivity index (χ0n) is 14.1. The highest BCUT2D eigenvalue weighted by Gasteiger charge is 2.30. The van der Waals surface area contributed by atoms with Gasteiger partial charge in [-0.3, -0.25) is 10.1 Å². The van der Waals surface area contributed by atoms with Crippen LogP contribution in [-0.4, -0.2) is 65.6 Å². The van der Waals surface area contributed by atoms with Crippen molar-refractivity contribution in [2.24, 2.45) is 0 Å². The van der Waals surface area contributed by atoms with E-state index in [0.717, 1.165) is 65.1 Å². The third-order valence-corrected chi connectivity index (χ3v) is 4.82. The largest absolute Gasteiger partial charge is 0.378 e. The van der Waals surface area contributed by atoms with Gasteiger partial charge in [0.05, 0.1) is 4.92 Å². The molecule has 24 heavy (non-hydrogen) atoms. The van der Waals surface area contributed by atoms with Crippen LogP contribution in [0, 0.1) is 10.1 Å². The van der Waals surface area contributed by atoms with Gasteiger partial charge in [-0.1, -0.05) is 6.92 Å². The summed E-state index contributed by atoms with van der Waals surface area (Å²) >= 11 is 0. The molecule has 0 aromatic carbocycles. The van der Waals surface area contributed by atoms with Gasteiger partial charge in [-0.25, -0.2) is 0 Å². The van der Waals surface area contributed by atoms with Gasteiger partial charge in [0, 0.05) is 39.3 Å². The molecule has 0 radical (unpaired) electrons. The first kappa shape index (κ1) is 16.7. The minimum absolute atomic E-state index is 0.0384. The van der Waals surface area contributed by atoms with Crippen LogP contribution in [0.4, 0.5) is 23.3 Å². The molecule has 1 aromatic heterocycles. The van der Waals surface area contributed by atoms with E-state index >= 15 is 0 Å². The van der Waals surface area contributed by atoms with E-state index in [2.05, 4.69) is 26.7 Å². The van der Waals surface area contributed by atoms with Crippen LogP contribution in [0.2, 0.25) is 0 Å². The molecule has 0 saturated carbocycles. The molecule has 0 amide bonds. The van der Waals surface area contributed by atoms with Crippen LogP contribution in [0.1, 0.15) is 26.2 Å². The third kappa shape index (κ3) is 3.35. The molecule has 2 saturated heterocycles. The molecule has 2 N–H and O–H groups in total. The number of hydrogen-bond acceptors (Lipinski definition) is 8. The lowest BCUT2D eigenvalue weighted by Crippen LogP contribution is -2.47. The summed E-state index contributed by atoms with van der Waals surface area (Å²) in [6.07, 6.45) is 3.19. The number of nitrogens with zero attached hydrogens (tertiary/aromatic N) is 6. The second-order valence-corrected chi connectivity index (χ2v) is 6.31. The Morgan fingerprint density at radius 3 is 2.29 bits per heavy atom. The topological polar surface area (TPSA) is 105 Å². The zero-order chi connectivity index (χ0) is 17.1. The van der Waals surface area contributed by atoms with E-state index in [1.165, 1.54) is 0 Å². The number of nitro groups is 1. The van der Waals surface area contributed by atoms with Crippen molar-refractivity contribution in [3.63, 3.8) is 0 Å². The highest BCUT2D eigenvalue weighted by Crippen LogP contribution is 2.34. The van der Waals surface area contributed by atoms with Gasteiger partial charge in [0.15, 0.2) is 0 Å². The van der Waals surface area contributed by atoms with E-state index < -0.39 is 4.92 Å². The predicted molar refractivity (Wildman–Crippen MR) is 93.5 cm³/mol. The van der Waals surface area contributed by atoms with Crippen LogP contribution < -0.4 is 15.5 Å². The van der Waals surface area contributed by atoms with Gasteiger partial charge in [0.25, 0.3) is 0 Å². The number of hydrogen-bond donors (Lipinski definition) is 1. The fourth-order valence-electron chi connectivity index (χ4n) is 3.35. The number of piperidine rings is 1. The number of piperazine rings is 1. The Labute approximate surface area is 141 Å². The van der Waals surface area contributed by atoms with Crippen molar-refractivity contribution in [3.05, 3.63) is 10.1 Å². The zero-order valence-corrected chi connectivity index (χ0v) is 14.1. The van der Waals surface area contributed by atoms with E-state index in [1.54, 1.807) is 0 Å². The summed E-state index contributed by atoms with van der Waals surface area (Å²) in [4.78, 5) is 26.2. The Bertz CT molecular complexity index is 596. The number of likely N-dealkylation sites (N-methyl/N-ethyl adjacent to an activating group) is 1. The van der Waals surface area contributed by atoms with Gasteiger partial charge in [-0.2, -0.15) is 9.97 Å². The molecule has 0 atom stereocenters.